The molecule has 1 rings (SSSR count). The van der Waals surface area contributed by atoms with E-state index in [1.807, 2.05) is 24.1 Å². The van der Waals surface area contributed by atoms with Crippen LogP contribution in [0.5, 0.6) is 0 Å². The van der Waals surface area contributed by atoms with E-state index in [1.54, 1.807) is 7.11 Å². The molecule has 1 aromatic rings. The fraction of sp³-hybridized carbons (Fsp3) is 0.727. The summed E-state index contributed by atoms with van der Waals surface area (Å²) in [5, 5.41) is 7.65. The first kappa shape index (κ1) is 12.2. The van der Waals surface area contributed by atoms with Gasteiger partial charge in [0.15, 0.2) is 0 Å². The smallest absolute Gasteiger partial charge is 0.0739 e. The zero-order chi connectivity index (χ0) is 11.3. The van der Waals surface area contributed by atoms with Crippen molar-refractivity contribution >= 4 is 0 Å². The molecule has 0 aliphatic rings. The first-order valence-electron chi connectivity index (χ1n) is 5.43. The van der Waals surface area contributed by atoms with Gasteiger partial charge in [0.2, 0.25) is 0 Å². The van der Waals surface area contributed by atoms with Gasteiger partial charge < -0.3 is 10.1 Å². The van der Waals surface area contributed by atoms with Crippen molar-refractivity contribution in [3.05, 3.63) is 18.0 Å². The minimum atomic E-state index is 0.153. The second-order valence-corrected chi connectivity index (χ2v) is 3.82. The Balaban J connectivity index is 2.71. The Hall–Kier alpha value is -0.870. The van der Waals surface area contributed by atoms with Crippen LogP contribution in [0.2, 0.25) is 0 Å². The molecule has 2 atom stereocenters. The van der Waals surface area contributed by atoms with Gasteiger partial charge in [0.25, 0.3) is 0 Å². The van der Waals surface area contributed by atoms with Crippen LogP contribution in [0.3, 0.4) is 0 Å². The quantitative estimate of drug-likeness (QED) is 0.775. The molecule has 0 aromatic carbocycles. The van der Waals surface area contributed by atoms with Gasteiger partial charge in [-0.2, -0.15) is 5.10 Å². The number of rotatable bonds is 6. The van der Waals surface area contributed by atoms with Crippen molar-refractivity contribution in [2.24, 2.45) is 7.05 Å². The average Bonchev–Trinajstić information content (AvgIpc) is 2.65. The topological polar surface area (TPSA) is 39.1 Å². The van der Waals surface area contributed by atoms with Gasteiger partial charge >= 0.3 is 0 Å². The lowest BCUT2D eigenvalue weighted by Gasteiger charge is -2.22. The first-order valence-corrected chi connectivity index (χ1v) is 5.43. The first-order chi connectivity index (χ1) is 7.19. The van der Waals surface area contributed by atoms with Crippen molar-refractivity contribution in [2.75, 3.05) is 13.7 Å². The highest BCUT2D eigenvalue weighted by molar-refractivity contribution is 5.11. The molecule has 86 valence electrons. The van der Waals surface area contributed by atoms with Crippen molar-refractivity contribution in [2.45, 2.75) is 32.4 Å². The van der Waals surface area contributed by atoms with E-state index < -0.39 is 0 Å². The van der Waals surface area contributed by atoms with E-state index >= 15 is 0 Å². The number of nitrogens with one attached hydrogen (secondary N) is 1. The Morgan fingerprint density at radius 1 is 1.60 bits per heavy atom. The molecule has 1 aromatic heterocycles. The van der Waals surface area contributed by atoms with Crippen molar-refractivity contribution in [1.29, 1.82) is 0 Å². The molecule has 1 heterocycles. The van der Waals surface area contributed by atoms with E-state index in [4.69, 9.17) is 4.74 Å². The largest absolute Gasteiger partial charge is 0.380 e. The summed E-state index contributed by atoms with van der Waals surface area (Å²) < 4.78 is 7.19. The Kier molecular flexibility index (Phi) is 4.78. The number of aryl methyl sites for hydroxylation is 1. The molecule has 0 saturated heterocycles. The standard InChI is InChI=1S/C11H21N3O/c1-5-6-12-11(9(2)15-4)10-7-13-14(3)8-10/h7-9,11-12H,5-6H2,1-4H3. The molecular formula is C11H21N3O. The van der Waals surface area contributed by atoms with Crippen molar-refractivity contribution < 1.29 is 4.74 Å². The van der Waals surface area contributed by atoms with E-state index in [9.17, 15) is 0 Å². The highest BCUT2D eigenvalue weighted by Gasteiger charge is 2.19. The lowest BCUT2D eigenvalue weighted by atomic mass is 10.1. The summed E-state index contributed by atoms with van der Waals surface area (Å²) in [6, 6.07) is 0.226. The van der Waals surface area contributed by atoms with Crippen molar-refractivity contribution in [3.63, 3.8) is 0 Å². The van der Waals surface area contributed by atoms with Gasteiger partial charge in [-0.25, -0.2) is 0 Å². The summed E-state index contributed by atoms with van der Waals surface area (Å²) in [4.78, 5) is 0. The predicted molar refractivity (Wildman–Crippen MR) is 60.7 cm³/mol. The van der Waals surface area contributed by atoms with E-state index in [0.29, 0.717) is 0 Å². The molecule has 4 nitrogen and oxygen atoms in total. The fourth-order valence-corrected chi connectivity index (χ4v) is 1.59. The fourth-order valence-electron chi connectivity index (χ4n) is 1.59. The molecule has 1 N–H and O–H groups in total. The Morgan fingerprint density at radius 3 is 2.80 bits per heavy atom. The predicted octanol–water partition coefficient (Wildman–Crippen LogP) is 1.50. The molecule has 0 bridgehead atoms. The molecule has 15 heavy (non-hydrogen) atoms. The van der Waals surface area contributed by atoms with Gasteiger partial charge in [-0.05, 0) is 19.9 Å². The maximum atomic E-state index is 5.37. The normalized spacial score (nSPS) is 15.2. The molecule has 2 unspecified atom stereocenters. The molecule has 0 radical (unpaired) electrons. The molecule has 0 fully saturated rings. The van der Waals surface area contributed by atoms with Gasteiger partial charge in [-0.1, -0.05) is 6.92 Å². The van der Waals surface area contributed by atoms with Crippen LogP contribution in [0.4, 0.5) is 0 Å². The maximum absolute atomic E-state index is 5.37. The molecule has 0 amide bonds. The summed E-state index contributed by atoms with van der Waals surface area (Å²) in [5.41, 5.74) is 1.18. The molecule has 4 heteroatoms. The zero-order valence-corrected chi connectivity index (χ0v) is 10.0. The third-order valence-corrected chi connectivity index (χ3v) is 2.54. The molecule has 0 aliphatic heterocycles. The van der Waals surface area contributed by atoms with E-state index in [1.165, 1.54) is 5.56 Å². The second kappa shape index (κ2) is 5.88. The van der Waals surface area contributed by atoms with Gasteiger partial charge in [0.05, 0.1) is 18.3 Å². The third kappa shape index (κ3) is 3.32. The Morgan fingerprint density at radius 2 is 2.33 bits per heavy atom. The number of nitrogens with zero attached hydrogens (tertiary/aromatic N) is 2. The average molecular weight is 211 g/mol. The number of methoxy groups -OCH3 is 1. The lowest BCUT2D eigenvalue weighted by molar-refractivity contribution is 0.0830. The third-order valence-electron chi connectivity index (χ3n) is 2.54. The SMILES string of the molecule is CCCNC(c1cnn(C)c1)C(C)OC. The Bertz CT molecular complexity index is 285. The van der Waals surface area contributed by atoms with Crippen LogP contribution in [-0.4, -0.2) is 29.5 Å². The second-order valence-electron chi connectivity index (χ2n) is 3.82. The van der Waals surface area contributed by atoms with Crippen molar-refractivity contribution in [1.82, 2.24) is 15.1 Å². The number of hydrogen-bond donors (Lipinski definition) is 1. The van der Waals surface area contributed by atoms with Crippen LogP contribution in [-0.2, 0) is 11.8 Å². The van der Waals surface area contributed by atoms with Crippen LogP contribution in [0.15, 0.2) is 12.4 Å². The van der Waals surface area contributed by atoms with E-state index in [2.05, 4.69) is 24.3 Å². The minimum Gasteiger partial charge on any atom is -0.380 e. The molecular weight excluding hydrogens is 190 g/mol. The van der Waals surface area contributed by atoms with Crippen LogP contribution in [0, 0.1) is 0 Å². The van der Waals surface area contributed by atoms with E-state index in [-0.39, 0.29) is 12.1 Å². The van der Waals surface area contributed by atoms with Crippen molar-refractivity contribution in [3.8, 4) is 0 Å². The minimum absolute atomic E-state index is 0.153. The van der Waals surface area contributed by atoms with Crippen LogP contribution < -0.4 is 5.32 Å². The van der Waals surface area contributed by atoms with Crippen LogP contribution >= 0.6 is 0 Å². The maximum Gasteiger partial charge on any atom is 0.0739 e. The Labute approximate surface area is 91.6 Å². The van der Waals surface area contributed by atoms with E-state index in [0.717, 1.165) is 13.0 Å². The number of ether oxygens (including phenoxy) is 1. The molecule has 0 saturated carbocycles. The molecule has 0 spiro atoms. The zero-order valence-electron chi connectivity index (χ0n) is 10.0. The summed E-state index contributed by atoms with van der Waals surface area (Å²) in [6.45, 7) is 5.22. The molecule has 0 aliphatic carbocycles. The van der Waals surface area contributed by atoms with Gasteiger partial charge in [-0.3, -0.25) is 4.68 Å². The van der Waals surface area contributed by atoms with Crippen LogP contribution in [0.1, 0.15) is 31.9 Å². The van der Waals surface area contributed by atoms with Gasteiger partial charge in [-0.15, -0.1) is 0 Å². The number of hydrogen-bond acceptors (Lipinski definition) is 3. The summed E-state index contributed by atoms with van der Waals surface area (Å²) in [6.07, 6.45) is 5.19. The monoisotopic (exact) mass is 211 g/mol. The van der Waals surface area contributed by atoms with Crippen LogP contribution in [0.25, 0.3) is 0 Å². The van der Waals surface area contributed by atoms with Gasteiger partial charge in [0.1, 0.15) is 0 Å². The summed E-state index contributed by atoms with van der Waals surface area (Å²) in [5.74, 6) is 0. The highest BCUT2D eigenvalue weighted by Crippen LogP contribution is 2.17. The highest BCUT2D eigenvalue weighted by atomic mass is 16.5. The summed E-state index contributed by atoms with van der Waals surface area (Å²) >= 11 is 0. The van der Waals surface area contributed by atoms with Gasteiger partial charge in [0, 0.05) is 25.9 Å². The summed E-state index contributed by atoms with van der Waals surface area (Å²) in [7, 11) is 3.67. The number of aromatic nitrogens is 2. The lowest BCUT2D eigenvalue weighted by Crippen LogP contribution is -2.31.